The summed E-state index contributed by atoms with van der Waals surface area (Å²) < 4.78 is 0. The fraction of sp³-hybridized carbons (Fsp3) is 1.00. The average molecular weight is 226 g/mol. The van der Waals surface area contributed by atoms with Gasteiger partial charge in [-0.3, -0.25) is 4.90 Å². The van der Waals surface area contributed by atoms with Crippen LogP contribution in [0.4, 0.5) is 0 Å². The third-order valence-electron chi connectivity index (χ3n) is 4.25. The predicted octanol–water partition coefficient (Wildman–Crippen LogP) is 2.89. The number of nitrogens with zero attached hydrogens (tertiary/aromatic N) is 1. The fourth-order valence-corrected chi connectivity index (χ4v) is 2.76. The monoisotopic (exact) mass is 226 g/mol. The molecule has 1 saturated heterocycles. The first-order valence-corrected chi connectivity index (χ1v) is 6.99. The minimum absolute atomic E-state index is 0.378. The molecule has 2 atom stereocenters. The van der Waals surface area contributed by atoms with Crippen molar-refractivity contribution in [3.8, 4) is 0 Å². The summed E-state index contributed by atoms with van der Waals surface area (Å²) in [5, 5.41) is 3.67. The van der Waals surface area contributed by atoms with Gasteiger partial charge in [0, 0.05) is 31.2 Å². The van der Waals surface area contributed by atoms with Gasteiger partial charge in [-0.15, -0.1) is 0 Å². The molecule has 0 amide bonds. The lowest BCUT2D eigenvalue weighted by Crippen LogP contribution is -2.59. The van der Waals surface area contributed by atoms with Gasteiger partial charge in [0.15, 0.2) is 0 Å². The van der Waals surface area contributed by atoms with Crippen LogP contribution in [0.1, 0.15) is 53.9 Å². The quantitative estimate of drug-likeness (QED) is 0.775. The summed E-state index contributed by atoms with van der Waals surface area (Å²) in [5.74, 6) is 0.792. The summed E-state index contributed by atoms with van der Waals surface area (Å²) in [6, 6.07) is 0.690. The van der Waals surface area contributed by atoms with Gasteiger partial charge in [0.05, 0.1) is 0 Å². The van der Waals surface area contributed by atoms with Gasteiger partial charge in [-0.1, -0.05) is 33.6 Å². The van der Waals surface area contributed by atoms with E-state index >= 15 is 0 Å². The van der Waals surface area contributed by atoms with Crippen LogP contribution in [0.5, 0.6) is 0 Å². The highest BCUT2D eigenvalue weighted by Gasteiger charge is 2.31. The molecule has 0 saturated carbocycles. The largest absolute Gasteiger partial charge is 0.311 e. The van der Waals surface area contributed by atoms with Crippen LogP contribution in [-0.4, -0.2) is 36.1 Å². The first-order chi connectivity index (χ1) is 7.51. The van der Waals surface area contributed by atoms with Crippen molar-refractivity contribution >= 4 is 0 Å². The molecule has 0 aliphatic carbocycles. The Labute approximate surface area is 102 Å². The zero-order chi connectivity index (χ0) is 12.2. The maximum absolute atomic E-state index is 3.67. The van der Waals surface area contributed by atoms with Crippen LogP contribution in [0.25, 0.3) is 0 Å². The molecule has 1 aliphatic rings. The molecule has 1 rings (SSSR count). The normalized spacial score (nSPS) is 25.7. The van der Waals surface area contributed by atoms with Gasteiger partial charge in [0.25, 0.3) is 0 Å². The fourth-order valence-electron chi connectivity index (χ4n) is 2.76. The second-order valence-electron chi connectivity index (χ2n) is 5.95. The number of hydrogen-bond acceptors (Lipinski definition) is 2. The Bertz CT molecular complexity index is 201. The molecule has 0 radical (unpaired) electrons. The summed E-state index contributed by atoms with van der Waals surface area (Å²) in [7, 11) is 0. The zero-order valence-corrected chi connectivity index (χ0v) is 11.8. The second-order valence-corrected chi connectivity index (χ2v) is 5.95. The maximum atomic E-state index is 3.67. The lowest BCUT2D eigenvalue weighted by molar-refractivity contribution is 0.0625. The number of piperazine rings is 1. The lowest BCUT2D eigenvalue weighted by atomic mass is 9.91. The Balaban J connectivity index is 2.55. The minimum Gasteiger partial charge on any atom is -0.311 e. The first kappa shape index (κ1) is 14.0. The SMILES string of the molecule is CCCC(C)(C)N1CCNC(C(C)CC)C1. The molecule has 96 valence electrons. The highest BCUT2D eigenvalue weighted by Crippen LogP contribution is 2.24. The van der Waals surface area contributed by atoms with E-state index in [1.165, 1.54) is 32.4 Å². The third kappa shape index (κ3) is 3.46. The summed E-state index contributed by atoms with van der Waals surface area (Å²) in [5.41, 5.74) is 0.378. The molecular formula is C14H30N2. The Morgan fingerprint density at radius 2 is 2.06 bits per heavy atom. The highest BCUT2D eigenvalue weighted by atomic mass is 15.2. The molecule has 2 unspecified atom stereocenters. The Morgan fingerprint density at radius 1 is 1.38 bits per heavy atom. The molecule has 0 aromatic rings. The van der Waals surface area contributed by atoms with Crippen LogP contribution in [-0.2, 0) is 0 Å². The first-order valence-electron chi connectivity index (χ1n) is 6.99. The van der Waals surface area contributed by atoms with E-state index in [1.54, 1.807) is 0 Å². The third-order valence-corrected chi connectivity index (χ3v) is 4.25. The lowest BCUT2D eigenvalue weighted by Gasteiger charge is -2.45. The Morgan fingerprint density at radius 3 is 2.62 bits per heavy atom. The van der Waals surface area contributed by atoms with Crippen LogP contribution in [0, 0.1) is 5.92 Å². The van der Waals surface area contributed by atoms with E-state index in [2.05, 4.69) is 44.8 Å². The van der Waals surface area contributed by atoms with E-state index in [0.29, 0.717) is 11.6 Å². The van der Waals surface area contributed by atoms with Crippen molar-refractivity contribution in [2.24, 2.45) is 5.92 Å². The maximum Gasteiger partial charge on any atom is 0.0221 e. The predicted molar refractivity (Wildman–Crippen MR) is 71.8 cm³/mol. The summed E-state index contributed by atoms with van der Waals surface area (Å²) in [6.07, 6.45) is 3.87. The molecule has 2 heteroatoms. The topological polar surface area (TPSA) is 15.3 Å². The van der Waals surface area contributed by atoms with Crippen LogP contribution in [0.15, 0.2) is 0 Å². The van der Waals surface area contributed by atoms with Crippen LogP contribution < -0.4 is 5.32 Å². The summed E-state index contributed by atoms with van der Waals surface area (Å²) in [4.78, 5) is 2.68. The van der Waals surface area contributed by atoms with Crippen molar-refractivity contribution in [1.82, 2.24) is 10.2 Å². The van der Waals surface area contributed by atoms with Gasteiger partial charge in [0.1, 0.15) is 0 Å². The molecular weight excluding hydrogens is 196 g/mol. The van der Waals surface area contributed by atoms with E-state index in [4.69, 9.17) is 0 Å². The number of hydrogen-bond donors (Lipinski definition) is 1. The highest BCUT2D eigenvalue weighted by molar-refractivity contribution is 4.89. The number of nitrogens with one attached hydrogen (secondary N) is 1. The second kappa shape index (κ2) is 6.02. The van der Waals surface area contributed by atoms with Gasteiger partial charge >= 0.3 is 0 Å². The molecule has 0 spiro atoms. The molecule has 1 heterocycles. The van der Waals surface area contributed by atoms with Gasteiger partial charge in [-0.2, -0.15) is 0 Å². The number of rotatable bonds is 5. The van der Waals surface area contributed by atoms with Crippen molar-refractivity contribution in [1.29, 1.82) is 0 Å². The summed E-state index contributed by atoms with van der Waals surface area (Å²) in [6.45, 7) is 15.3. The average Bonchev–Trinajstić information content (AvgIpc) is 2.28. The van der Waals surface area contributed by atoms with Crippen molar-refractivity contribution in [2.45, 2.75) is 65.5 Å². The molecule has 16 heavy (non-hydrogen) atoms. The van der Waals surface area contributed by atoms with Crippen molar-refractivity contribution < 1.29 is 0 Å². The van der Waals surface area contributed by atoms with Gasteiger partial charge in [-0.05, 0) is 26.2 Å². The Hall–Kier alpha value is -0.0800. The zero-order valence-electron chi connectivity index (χ0n) is 11.8. The van der Waals surface area contributed by atoms with Gasteiger partial charge in [-0.25, -0.2) is 0 Å². The van der Waals surface area contributed by atoms with Gasteiger partial charge in [0.2, 0.25) is 0 Å². The summed E-state index contributed by atoms with van der Waals surface area (Å²) >= 11 is 0. The molecule has 1 fully saturated rings. The molecule has 0 aromatic carbocycles. The molecule has 0 bridgehead atoms. The molecule has 1 N–H and O–H groups in total. The van der Waals surface area contributed by atoms with E-state index in [0.717, 1.165) is 12.5 Å². The smallest absolute Gasteiger partial charge is 0.0221 e. The minimum atomic E-state index is 0.378. The standard InChI is InChI=1S/C14H30N2/c1-6-8-14(4,5)16-10-9-15-13(11-16)12(3)7-2/h12-13,15H,6-11H2,1-5H3. The van der Waals surface area contributed by atoms with E-state index in [-0.39, 0.29) is 0 Å². The van der Waals surface area contributed by atoms with E-state index in [9.17, 15) is 0 Å². The molecule has 2 nitrogen and oxygen atoms in total. The van der Waals surface area contributed by atoms with Crippen molar-refractivity contribution in [3.05, 3.63) is 0 Å². The van der Waals surface area contributed by atoms with Gasteiger partial charge < -0.3 is 5.32 Å². The van der Waals surface area contributed by atoms with Crippen molar-refractivity contribution in [3.63, 3.8) is 0 Å². The van der Waals surface area contributed by atoms with Crippen LogP contribution >= 0.6 is 0 Å². The van der Waals surface area contributed by atoms with E-state index < -0.39 is 0 Å². The van der Waals surface area contributed by atoms with Crippen LogP contribution in [0.3, 0.4) is 0 Å². The Kier molecular flexibility index (Phi) is 5.26. The van der Waals surface area contributed by atoms with Crippen molar-refractivity contribution in [2.75, 3.05) is 19.6 Å². The van der Waals surface area contributed by atoms with E-state index in [1.807, 2.05) is 0 Å². The molecule has 1 aliphatic heterocycles. The molecule has 0 aromatic heterocycles. The van der Waals surface area contributed by atoms with Crippen LogP contribution in [0.2, 0.25) is 0 Å².